The molecule has 0 radical (unpaired) electrons. The second kappa shape index (κ2) is 5.42. The lowest BCUT2D eigenvalue weighted by atomic mass is 10.1. The standard InChI is InChI=1S/C13H16ClN3O/c1-3-18-13-5-4-9(6-11(13)14)10-8-17(2)16-12(10)7-15/h4-6,8H,3,7,15H2,1-2H3. The summed E-state index contributed by atoms with van der Waals surface area (Å²) in [6.07, 6.45) is 1.94. The number of benzene rings is 1. The van der Waals surface area contributed by atoms with Gasteiger partial charge >= 0.3 is 0 Å². The van der Waals surface area contributed by atoms with E-state index in [0.717, 1.165) is 16.8 Å². The van der Waals surface area contributed by atoms with E-state index in [1.165, 1.54) is 0 Å². The van der Waals surface area contributed by atoms with Crippen LogP contribution in [-0.2, 0) is 13.6 Å². The molecular formula is C13H16ClN3O. The van der Waals surface area contributed by atoms with Gasteiger partial charge in [-0.1, -0.05) is 17.7 Å². The Labute approximate surface area is 111 Å². The number of nitrogens with zero attached hydrogens (tertiary/aromatic N) is 2. The minimum Gasteiger partial charge on any atom is -0.492 e. The van der Waals surface area contributed by atoms with Crippen molar-refractivity contribution in [2.75, 3.05) is 6.61 Å². The Balaban J connectivity index is 2.41. The van der Waals surface area contributed by atoms with Gasteiger partial charge in [0.15, 0.2) is 0 Å². The van der Waals surface area contributed by atoms with E-state index in [0.29, 0.717) is 23.9 Å². The molecule has 2 rings (SSSR count). The monoisotopic (exact) mass is 265 g/mol. The first kappa shape index (κ1) is 12.9. The van der Waals surface area contributed by atoms with Gasteiger partial charge in [0, 0.05) is 25.4 Å². The topological polar surface area (TPSA) is 53.1 Å². The summed E-state index contributed by atoms with van der Waals surface area (Å²) < 4.78 is 7.16. The second-order valence-corrected chi connectivity index (χ2v) is 4.35. The van der Waals surface area contributed by atoms with Gasteiger partial charge in [-0.15, -0.1) is 0 Å². The van der Waals surface area contributed by atoms with E-state index in [1.807, 2.05) is 38.4 Å². The Bertz CT molecular complexity index is 551. The number of halogens is 1. The highest BCUT2D eigenvalue weighted by molar-refractivity contribution is 6.32. The van der Waals surface area contributed by atoms with Crippen LogP contribution in [0.2, 0.25) is 5.02 Å². The highest BCUT2D eigenvalue weighted by Gasteiger charge is 2.10. The minimum absolute atomic E-state index is 0.404. The van der Waals surface area contributed by atoms with Crippen molar-refractivity contribution in [3.05, 3.63) is 35.1 Å². The number of aromatic nitrogens is 2. The lowest BCUT2D eigenvalue weighted by molar-refractivity contribution is 0.340. The Kier molecular flexibility index (Phi) is 3.89. The van der Waals surface area contributed by atoms with Crippen LogP contribution in [0.15, 0.2) is 24.4 Å². The van der Waals surface area contributed by atoms with Gasteiger partial charge in [0.05, 0.1) is 17.3 Å². The molecule has 0 aliphatic rings. The lowest BCUT2D eigenvalue weighted by Crippen LogP contribution is -2.00. The molecule has 0 amide bonds. The van der Waals surface area contributed by atoms with Crippen molar-refractivity contribution < 1.29 is 4.74 Å². The van der Waals surface area contributed by atoms with Gasteiger partial charge in [0.25, 0.3) is 0 Å². The quantitative estimate of drug-likeness (QED) is 0.925. The van der Waals surface area contributed by atoms with Gasteiger partial charge < -0.3 is 10.5 Å². The summed E-state index contributed by atoms with van der Waals surface area (Å²) in [6.45, 7) is 2.93. The molecule has 0 saturated heterocycles. The molecule has 0 atom stereocenters. The maximum atomic E-state index is 6.18. The van der Waals surface area contributed by atoms with Gasteiger partial charge in [-0.25, -0.2) is 0 Å². The first-order valence-electron chi connectivity index (χ1n) is 5.81. The molecule has 2 N–H and O–H groups in total. The van der Waals surface area contributed by atoms with E-state index < -0.39 is 0 Å². The second-order valence-electron chi connectivity index (χ2n) is 3.95. The van der Waals surface area contributed by atoms with Crippen molar-refractivity contribution in [1.29, 1.82) is 0 Å². The lowest BCUT2D eigenvalue weighted by Gasteiger charge is -2.07. The summed E-state index contributed by atoms with van der Waals surface area (Å²) in [5.74, 6) is 0.695. The molecule has 4 nitrogen and oxygen atoms in total. The molecule has 1 aromatic carbocycles. The first-order chi connectivity index (χ1) is 8.65. The van der Waals surface area contributed by atoms with Crippen LogP contribution in [0.1, 0.15) is 12.6 Å². The van der Waals surface area contributed by atoms with Gasteiger partial charge in [-0.3, -0.25) is 4.68 Å². The number of nitrogens with two attached hydrogens (primary N) is 1. The third-order valence-corrected chi connectivity index (χ3v) is 2.94. The van der Waals surface area contributed by atoms with Crippen LogP contribution in [0.5, 0.6) is 5.75 Å². The zero-order chi connectivity index (χ0) is 13.1. The summed E-state index contributed by atoms with van der Waals surface area (Å²) in [5, 5.41) is 4.91. The van der Waals surface area contributed by atoms with Gasteiger partial charge in [0.2, 0.25) is 0 Å². The van der Waals surface area contributed by atoms with Crippen LogP contribution in [0.25, 0.3) is 11.1 Å². The van der Waals surface area contributed by atoms with E-state index in [1.54, 1.807) is 4.68 Å². The first-order valence-corrected chi connectivity index (χ1v) is 6.18. The van der Waals surface area contributed by atoms with Gasteiger partial charge in [-0.2, -0.15) is 5.10 Å². The fraction of sp³-hybridized carbons (Fsp3) is 0.308. The van der Waals surface area contributed by atoms with Crippen molar-refractivity contribution >= 4 is 11.6 Å². The molecule has 0 aliphatic carbocycles. The van der Waals surface area contributed by atoms with E-state index in [-0.39, 0.29) is 0 Å². The van der Waals surface area contributed by atoms with Crippen LogP contribution in [-0.4, -0.2) is 16.4 Å². The Morgan fingerprint density at radius 3 is 2.83 bits per heavy atom. The molecule has 1 aromatic heterocycles. The van der Waals surface area contributed by atoms with E-state index in [4.69, 9.17) is 22.1 Å². The molecule has 5 heteroatoms. The molecular weight excluding hydrogens is 250 g/mol. The summed E-state index contributed by atoms with van der Waals surface area (Å²) in [6, 6.07) is 5.71. The molecule has 0 unspecified atom stereocenters. The average Bonchev–Trinajstić information content (AvgIpc) is 2.73. The Hall–Kier alpha value is -1.52. The van der Waals surface area contributed by atoms with Gasteiger partial charge in [0.1, 0.15) is 5.75 Å². The third-order valence-electron chi connectivity index (χ3n) is 2.64. The Morgan fingerprint density at radius 2 is 2.22 bits per heavy atom. The highest BCUT2D eigenvalue weighted by atomic mass is 35.5. The number of ether oxygens (including phenoxy) is 1. The maximum absolute atomic E-state index is 6.18. The van der Waals surface area contributed by atoms with E-state index in [2.05, 4.69) is 5.10 Å². The summed E-state index contributed by atoms with van der Waals surface area (Å²) in [4.78, 5) is 0. The van der Waals surface area contributed by atoms with Gasteiger partial charge in [-0.05, 0) is 24.6 Å². The molecule has 18 heavy (non-hydrogen) atoms. The largest absolute Gasteiger partial charge is 0.492 e. The number of aryl methyl sites for hydroxylation is 1. The van der Waals surface area contributed by atoms with Crippen molar-refractivity contribution in [2.24, 2.45) is 12.8 Å². The number of hydrogen-bond acceptors (Lipinski definition) is 3. The van der Waals surface area contributed by atoms with Crippen LogP contribution >= 0.6 is 11.6 Å². The zero-order valence-corrected chi connectivity index (χ0v) is 11.2. The number of hydrogen-bond donors (Lipinski definition) is 1. The van der Waals surface area contributed by atoms with Crippen LogP contribution in [0.4, 0.5) is 0 Å². The fourth-order valence-corrected chi connectivity index (χ4v) is 2.10. The number of rotatable bonds is 4. The van der Waals surface area contributed by atoms with E-state index >= 15 is 0 Å². The fourth-order valence-electron chi connectivity index (χ4n) is 1.87. The Morgan fingerprint density at radius 1 is 1.44 bits per heavy atom. The molecule has 1 heterocycles. The zero-order valence-electron chi connectivity index (χ0n) is 10.5. The van der Waals surface area contributed by atoms with Crippen molar-refractivity contribution in [2.45, 2.75) is 13.5 Å². The minimum atomic E-state index is 0.404. The maximum Gasteiger partial charge on any atom is 0.137 e. The third kappa shape index (κ3) is 2.49. The molecule has 0 aliphatic heterocycles. The van der Waals surface area contributed by atoms with Crippen molar-refractivity contribution in [3.63, 3.8) is 0 Å². The molecule has 0 saturated carbocycles. The predicted molar refractivity (Wildman–Crippen MR) is 72.7 cm³/mol. The van der Waals surface area contributed by atoms with Crippen molar-refractivity contribution in [1.82, 2.24) is 9.78 Å². The van der Waals surface area contributed by atoms with Crippen LogP contribution < -0.4 is 10.5 Å². The summed E-state index contributed by atoms with van der Waals surface area (Å²) >= 11 is 6.18. The van der Waals surface area contributed by atoms with E-state index in [9.17, 15) is 0 Å². The van der Waals surface area contributed by atoms with Crippen molar-refractivity contribution in [3.8, 4) is 16.9 Å². The van der Waals surface area contributed by atoms with Crippen LogP contribution in [0.3, 0.4) is 0 Å². The normalized spacial score (nSPS) is 10.7. The molecule has 96 valence electrons. The highest BCUT2D eigenvalue weighted by Crippen LogP contribution is 2.31. The summed E-state index contributed by atoms with van der Waals surface area (Å²) in [7, 11) is 1.87. The van der Waals surface area contributed by atoms with Crippen LogP contribution in [0, 0.1) is 0 Å². The average molecular weight is 266 g/mol. The predicted octanol–water partition coefficient (Wildman–Crippen LogP) is 2.60. The molecule has 2 aromatic rings. The molecule has 0 fully saturated rings. The smallest absolute Gasteiger partial charge is 0.137 e. The summed E-state index contributed by atoms with van der Waals surface area (Å²) in [5.41, 5.74) is 8.54. The molecule has 0 bridgehead atoms. The SMILES string of the molecule is CCOc1ccc(-c2cn(C)nc2CN)cc1Cl. The molecule has 0 spiro atoms.